The first kappa shape index (κ1) is 17.2. The van der Waals surface area contributed by atoms with Gasteiger partial charge in [-0.1, -0.05) is 0 Å². The quantitative estimate of drug-likeness (QED) is 0.909. The molecule has 5 nitrogen and oxygen atoms in total. The topological polar surface area (TPSA) is 62.3 Å². The number of nitrogens with zero attached hydrogens (tertiary/aromatic N) is 2. The van der Waals surface area contributed by atoms with Crippen LogP contribution in [0.3, 0.4) is 0 Å². The normalized spacial score (nSPS) is 18.5. The highest BCUT2D eigenvalue weighted by atomic mass is 32.2. The molecule has 1 aliphatic heterocycles. The van der Waals surface area contributed by atoms with E-state index >= 15 is 0 Å². The van der Waals surface area contributed by atoms with Gasteiger partial charge in [-0.3, -0.25) is 4.98 Å². The van der Waals surface area contributed by atoms with Crippen molar-refractivity contribution in [3.05, 3.63) is 24.0 Å². The number of pyridine rings is 1. The van der Waals surface area contributed by atoms with Gasteiger partial charge in [0.25, 0.3) is 0 Å². The Morgan fingerprint density at radius 1 is 1.32 bits per heavy atom. The van der Waals surface area contributed by atoms with Crippen LogP contribution in [0.25, 0.3) is 0 Å². The molecule has 0 atom stereocenters. The lowest BCUT2D eigenvalue weighted by atomic mass is 9.98. The third-order valence-corrected chi connectivity index (χ3v) is 5.61. The Bertz CT molecular complexity index is 594. The number of halogens is 3. The van der Waals surface area contributed by atoms with Crippen LogP contribution in [-0.2, 0) is 16.2 Å². The minimum Gasteiger partial charge on any atom is -0.319 e. The summed E-state index contributed by atoms with van der Waals surface area (Å²) in [4.78, 5) is 3.01. The van der Waals surface area contributed by atoms with Crippen LogP contribution in [0.5, 0.6) is 0 Å². The first-order valence-electron chi connectivity index (χ1n) is 6.93. The molecule has 124 valence electrons. The Morgan fingerprint density at radius 3 is 2.41 bits per heavy atom. The molecule has 0 bridgehead atoms. The van der Waals surface area contributed by atoms with E-state index in [-0.39, 0.29) is 4.90 Å². The third-order valence-electron chi connectivity index (χ3n) is 3.73. The van der Waals surface area contributed by atoms with Crippen LogP contribution in [0.15, 0.2) is 23.2 Å². The molecule has 1 fully saturated rings. The maximum atomic E-state index is 12.5. The average molecular weight is 337 g/mol. The lowest BCUT2D eigenvalue weighted by Crippen LogP contribution is -2.40. The lowest BCUT2D eigenvalue weighted by molar-refractivity contribution is -0.141. The Labute approximate surface area is 127 Å². The van der Waals surface area contributed by atoms with E-state index in [1.54, 1.807) is 0 Å². The second-order valence-corrected chi connectivity index (χ2v) is 7.22. The maximum absolute atomic E-state index is 12.5. The Kier molecular flexibility index (Phi) is 5.08. The van der Waals surface area contributed by atoms with Crippen LogP contribution >= 0.6 is 0 Å². The summed E-state index contributed by atoms with van der Waals surface area (Å²) in [6.45, 7) is 1.57. The van der Waals surface area contributed by atoms with Gasteiger partial charge in [0.05, 0.1) is 0 Å². The molecule has 1 aromatic rings. The molecule has 1 aromatic heterocycles. The number of rotatable bonds is 4. The first-order chi connectivity index (χ1) is 10.2. The zero-order chi connectivity index (χ0) is 16.4. The highest BCUT2D eigenvalue weighted by molar-refractivity contribution is 7.89. The zero-order valence-corrected chi connectivity index (χ0v) is 12.9. The van der Waals surface area contributed by atoms with Crippen molar-refractivity contribution in [2.24, 2.45) is 5.92 Å². The van der Waals surface area contributed by atoms with Gasteiger partial charge in [-0.15, -0.1) is 0 Å². The summed E-state index contributed by atoms with van der Waals surface area (Å²) < 4.78 is 63.5. The molecular formula is C13H18F3N3O2S. The first-order valence-corrected chi connectivity index (χ1v) is 8.37. The molecule has 0 unspecified atom stereocenters. The smallest absolute Gasteiger partial charge is 0.319 e. The minimum atomic E-state index is -4.58. The molecule has 0 amide bonds. The number of aromatic nitrogens is 1. The van der Waals surface area contributed by atoms with E-state index < -0.39 is 21.9 Å². The van der Waals surface area contributed by atoms with Crippen LogP contribution in [-0.4, -0.2) is 44.4 Å². The molecule has 0 aliphatic carbocycles. The third kappa shape index (κ3) is 3.76. The van der Waals surface area contributed by atoms with E-state index in [0.717, 1.165) is 31.6 Å². The summed E-state index contributed by atoms with van der Waals surface area (Å²) in [7, 11) is -1.94. The van der Waals surface area contributed by atoms with Gasteiger partial charge in [0, 0.05) is 19.3 Å². The van der Waals surface area contributed by atoms with Crippen molar-refractivity contribution >= 4 is 10.0 Å². The van der Waals surface area contributed by atoms with Gasteiger partial charge in [0.15, 0.2) is 0 Å². The van der Waals surface area contributed by atoms with Gasteiger partial charge in [0.2, 0.25) is 10.0 Å². The molecule has 9 heteroatoms. The summed E-state index contributed by atoms with van der Waals surface area (Å²) in [6.07, 6.45) is -2.34. The minimum absolute atomic E-state index is 0.201. The molecule has 1 saturated heterocycles. The number of hydrogen-bond acceptors (Lipinski definition) is 4. The van der Waals surface area contributed by atoms with Crippen molar-refractivity contribution < 1.29 is 21.6 Å². The average Bonchev–Trinajstić information content (AvgIpc) is 2.47. The van der Waals surface area contributed by atoms with Crippen molar-refractivity contribution in [1.82, 2.24) is 14.6 Å². The van der Waals surface area contributed by atoms with Gasteiger partial charge in [-0.05, 0) is 44.5 Å². The summed E-state index contributed by atoms with van der Waals surface area (Å²) in [5.41, 5.74) is -1.10. The highest BCUT2D eigenvalue weighted by Gasteiger charge is 2.34. The summed E-state index contributed by atoms with van der Waals surface area (Å²) in [5, 5.41) is 3.06. The van der Waals surface area contributed by atoms with E-state index in [1.165, 1.54) is 4.31 Å². The van der Waals surface area contributed by atoms with Crippen LogP contribution in [0.1, 0.15) is 18.5 Å². The fraction of sp³-hybridized carbons (Fsp3) is 0.615. The number of piperidine rings is 1. The number of alkyl halides is 3. The number of hydrogen-bond donors (Lipinski definition) is 1. The van der Waals surface area contributed by atoms with Crippen molar-refractivity contribution in [2.75, 3.05) is 26.7 Å². The summed E-state index contributed by atoms with van der Waals surface area (Å²) >= 11 is 0. The molecule has 1 aliphatic rings. The molecule has 2 rings (SSSR count). The van der Waals surface area contributed by atoms with Gasteiger partial charge < -0.3 is 5.32 Å². The van der Waals surface area contributed by atoms with Crippen LogP contribution < -0.4 is 5.32 Å². The van der Waals surface area contributed by atoms with E-state index in [1.807, 2.05) is 7.05 Å². The summed E-state index contributed by atoms with van der Waals surface area (Å²) in [5.74, 6) is 0.419. The number of sulfonamides is 1. The van der Waals surface area contributed by atoms with E-state index in [4.69, 9.17) is 0 Å². The molecule has 0 spiro atoms. The van der Waals surface area contributed by atoms with Crippen LogP contribution in [0, 0.1) is 5.92 Å². The van der Waals surface area contributed by atoms with Gasteiger partial charge in [0.1, 0.15) is 10.6 Å². The highest BCUT2D eigenvalue weighted by Crippen LogP contribution is 2.29. The lowest BCUT2D eigenvalue weighted by Gasteiger charge is -2.31. The molecular weight excluding hydrogens is 319 g/mol. The monoisotopic (exact) mass is 337 g/mol. The van der Waals surface area contributed by atoms with Crippen LogP contribution in [0.4, 0.5) is 13.2 Å². The summed E-state index contributed by atoms with van der Waals surface area (Å²) in [6, 6.07) is 1.66. The van der Waals surface area contributed by atoms with Gasteiger partial charge >= 0.3 is 6.18 Å². The largest absolute Gasteiger partial charge is 0.433 e. The Morgan fingerprint density at radius 2 is 1.95 bits per heavy atom. The predicted octanol–water partition coefficient (Wildman–Crippen LogP) is 1.72. The standard InChI is InChI=1S/C13H18F3N3O2S/c1-17-8-10-4-6-19(7-5-10)22(20,21)11-2-3-12(18-9-11)13(14,15)16/h2-3,9-10,17H,4-8H2,1H3. The fourth-order valence-corrected chi connectivity index (χ4v) is 3.91. The van der Waals surface area contributed by atoms with Crippen molar-refractivity contribution in [2.45, 2.75) is 23.9 Å². The van der Waals surface area contributed by atoms with E-state index in [0.29, 0.717) is 25.1 Å². The molecule has 0 aromatic carbocycles. The fourth-order valence-electron chi connectivity index (χ4n) is 2.49. The van der Waals surface area contributed by atoms with Gasteiger partial charge in [-0.2, -0.15) is 17.5 Å². The Balaban J connectivity index is 2.11. The molecule has 2 heterocycles. The molecule has 0 radical (unpaired) electrons. The SMILES string of the molecule is CNCC1CCN(S(=O)(=O)c2ccc(C(F)(F)F)nc2)CC1. The Hall–Kier alpha value is -1.19. The van der Waals surface area contributed by atoms with Crippen molar-refractivity contribution in [3.63, 3.8) is 0 Å². The predicted molar refractivity (Wildman–Crippen MR) is 74.6 cm³/mol. The zero-order valence-electron chi connectivity index (χ0n) is 12.1. The van der Waals surface area contributed by atoms with Crippen LogP contribution in [0.2, 0.25) is 0 Å². The molecule has 0 saturated carbocycles. The van der Waals surface area contributed by atoms with Crippen molar-refractivity contribution in [3.8, 4) is 0 Å². The maximum Gasteiger partial charge on any atom is 0.433 e. The van der Waals surface area contributed by atoms with E-state index in [9.17, 15) is 21.6 Å². The number of nitrogens with one attached hydrogen (secondary N) is 1. The second-order valence-electron chi connectivity index (χ2n) is 5.28. The van der Waals surface area contributed by atoms with E-state index in [2.05, 4.69) is 10.3 Å². The second kappa shape index (κ2) is 6.51. The van der Waals surface area contributed by atoms with Gasteiger partial charge in [-0.25, -0.2) is 8.42 Å². The molecule has 1 N–H and O–H groups in total. The van der Waals surface area contributed by atoms with Crippen molar-refractivity contribution in [1.29, 1.82) is 0 Å². The molecule has 22 heavy (non-hydrogen) atoms.